The van der Waals surface area contributed by atoms with E-state index in [2.05, 4.69) is 30.7 Å². The molecule has 0 aliphatic carbocycles. The third-order valence-electron chi connectivity index (χ3n) is 3.38. The predicted octanol–water partition coefficient (Wildman–Crippen LogP) is 3.61. The highest BCUT2D eigenvalue weighted by atomic mass is 32.1. The minimum Gasteiger partial charge on any atom is -0.308 e. The van der Waals surface area contributed by atoms with E-state index in [0.29, 0.717) is 5.69 Å². The van der Waals surface area contributed by atoms with Gasteiger partial charge in [0.25, 0.3) is 5.91 Å². The van der Waals surface area contributed by atoms with Crippen LogP contribution in [0.25, 0.3) is 6.08 Å². The number of hydrogen-bond donors (Lipinski definition) is 3. The van der Waals surface area contributed by atoms with E-state index in [0.717, 1.165) is 17.1 Å². The normalized spacial score (nSPS) is 10.9. The lowest BCUT2D eigenvalue weighted by Crippen LogP contribution is -2.23. The Labute approximate surface area is 165 Å². The summed E-state index contributed by atoms with van der Waals surface area (Å²) in [5.74, 6) is -0.576. The lowest BCUT2D eigenvalue weighted by atomic mass is 10.2. The molecular formula is C19H16N6O2S. The van der Waals surface area contributed by atoms with E-state index in [1.165, 1.54) is 6.21 Å². The van der Waals surface area contributed by atoms with E-state index in [4.69, 9.17) is 0 Å². The highest BCUT2D eigenvalue weighted by molar-refractivity contribution is 7.10. The van der Waals surface area contributed by atoms with E-state index in [-0.39, 0.29) is 10.7 Å². The van der Waals surface area contributed by atoms with Crippen molar-refractivity contribution in [2.24, 2.45) is 5.10 Å². The van der Waals surface area contributed by atoms with Gasteiger partial charge in [0, 0.05) is 23.4 Å². The molecule has 28 heavy (non-hydrogen) atoms. The van der Waals surface area contributed by atoms with Gasteiger partial charge in [-0.15, -0.1) is 5.10 Å². The number of rotatable bonds is 6. The van der Waals surface area contributed by atoms with Crippen LogP contribution in [-0.2, 0) is 0 Å². The fourth-order valence-electron chi connectivity index (χ4n) is 2.12. The Balaban J connectivity index is 1.53. The number of benzene rings is 2. The Morgan fingerprint density at radius 1 is 0.964 bits per heavy atom. The van der Waals surface area contributed by atoms with Crippen LogP contribution in [0.2, 0.25) is 0 Å². The van der Waals surface area contributed by atoms with E-state index in [9.17, 15) is 9.59 Å². The summed E-state index contributed by atoms with van der Waals surface area (Å²) < 4.78 is 3.71. The van der Waals surface area contributed by atoms with Crippen molar-refractivity contribution in [1.29, 1.82) is 0 Å². The number of hydrogen-bond acceptors (Lipinski definition) is 6. The van der Waals surface area contributed by atoms with Crippen molar-refractivity contribution in [2.45, 2.75) is 0 Å². The zero-order valence-electron chi connectivity index (χ0n) is 14.6. The number of nitrogens with zero attached hydrogens (tertiary/aromatic N) is 3. The largest absolute Gasteiger partial charge is 0.324 e. The van der Waals surface area contributed by atoms with Crippen molar-refractivity contribution in [1.82, 2.24) is 15.0 Å². The summed E-state index contributed by atoms with van der Waals surface area (Å²) >= 11 is 0.898. The summed E-state index contributed by atoms with van der Waals surface area (Å²) in [7, 11) is 0. The highest BCUT2D eigenvalue weighted by Gasteiger charge is 2.18. The van der Waals surface area contributed by atoms with Gasteiger partial charge in [0.1, 0.15) is 0 Å². The monoisotopic (exact) mass is 392 g/mol. The average molecular weight is 392 g/mol. The molecule has 0 aliphatic rings. The lowest BCUT2D eigenvalue weighted by Gasteiger charge is -2.06. The first-order chi connectivity index (χ1) is 13.7. The van der Waals surface area contributed by atoms with Crippen LogP contribution < -0.4 is 16.1 Å². The number of hydrazone groups is 1. The molecule has 9 heteroatoms. The van der Waals surface area contributed by atoms with Gasteiger partial charge in [-0.1, -0.05) is 59.1 Å². The molecule has 0 bridgehead atoms. The van der Waals surface area contributed by atoms with Gasteiger partial charge in [-0.3, -0.25) is 10.1 Å². The number of allylic oxidation sites excluding steroid dienone is 1. The second-order valence-electron chi connectivity index (χ2n) is 5.38. The van der Waals surface area contributed by atoms with E-state index < -0.39 is 11.9 Å². The molecule has 0 atom stereocenters. The van der Waals surface area contributed by atoms with Crippen molar-refractivity contribution in [3.8, 4) is 0 Å². The maximum absolute atomic E-state index is 12.2. The molecule has 0 aliphatic heterocycles. The number of carbonyl (C=O) groups is 2. The Morgan fingerprint density at radius 2 is 1.68 bits per heavy atom. The number of para-hydroxylation sites is 1. The molecule has 0 spiro atoms. The maximum atomic E-state index is 12.2. The first-order valence-corrected chi connectivity index (χ1v) is 9.00. The van der Waals surface area contributed by atoms with Crippen molar-refractivity contribution >= 4 is 46.4 Å². The fourth-order valence-corrected chi connectivity index (χ4v) is 2.68. The molecule has 2 aromatic carbocycles. The smallest absolute Gasteiger partial charge is 0.308 e. The van der Waals surface area contributed by atoms with Gasteiger partial charge < -0.3 is 5.32 Å². The summed E-state index contributed by atoms with van der Waals surface area (Å²) in [6.07, 6.45) is 4.99. The van der Waals surface area contributed by atoms with Gasteiger partial charge >= 0.3 is 6.03 Å². The average Bonchev–Trinajstić information content (AvgIpc) is 3.17. The third-order valence-corrected chi connectivity index (χ3v) is 4.02. The second-order valence-corrected chi connectivity index (χ2v) is 6.14. The minimum atomic E-state index is -0.576. The molecule has 3 N–H and O–H groups in total. The summed E-state index contributed by atoms with van der Waals surface area (Å²) in [6.45, 7) is 0. The molecule has 140 valence electrons. The van der Waals surface area contributed by atoms with Crippen molar-refractivity contribution in [3.05, 3.63) is 78.0 Å². The zero-order valence-corrected chi connectivity index (χ0v) is 15.4. The molecule has 3 amide bonds. The predicted molar refractivity (Wildman–Crippen MR) is 110 cm³/mol. The first-order valence-electron chi connectivity index (χ1n) is 8.23. The fraction of sp³-hybridized carbons (Fsp3) is 0. The van der Waals surface area contributed by atoms with Crippen LogP contribution in [-0.4, -0.2) is 27.7 Å². The Kier molecular flexibility index (Phi) is 6.58. The topological polar surface area (TPSA) is 108 Å². The third kappa shape index (κ3) is 5.58. The lowest BCUT2D eigenvalue weighted by molar-refractivity contribution is 0.0951. The van der Waals surface area contributed by atoms with Gasteiger partial charge in [-0.05, 0) is 23.8 Å². The molecule has 0 fully saturated rings. The van der Waals surface area contributed by atoms with Gasteiger partial charge in [-0.25, -0.2) is 10.2 Å². The van der Waals surface area contributed by atoms with Crippen molar-refractivity contribution in [3.63, 3.8) is 0 Å². The molecule has 0 saturated carbocycles. The number of aromatic nitrogens is 2. The molecule has 1 heterocycles. The van der Waals surface area contributed by atoms with E-state index in [1.54, 1.807) is 30.3 Å². The number of amides is 3. The van der Waals surface area contributed by atoms with Crippen LogP contribution in [0, 0.1) is 0 Å². The van der Waals surface area contributed by atoms with Gasteiger partial charge in [0.05, 0.1) is 0 Å². The summed E-state index contributed by atoms with van der Waals surface area (Å²) in [4.78, 5) is 24.2. The molecule has 0 saturated heterocycles. The van der Waals surface area contributed by atoms with Gasteiger partial charge in [0.15, 0.2) is 10.7 Å². The Bertz CT molecular complexity index is 986. The molecule has 3 rings (SSSR count). The van der Waals surface area contributed by atoms with Gasteiger partial charge in [0.2, 0.25) is 0 Å². The molecule has 8 nitrogen and oxygen atoms in total. The van der Waals surface area contributed by atoms with Crippen LogP contribution in [0.5, 0.6) is 0 Å². The van der Waals surface area contributed by atoms with Crippen LogP contribution in [0.15, 0.2) is 71.8 Å². The molecule has 3 aromatic rings. The maximum Gasteiger partial charge on any atom is 0.324 e. The second kappa shape index (κ2) is 9.74. The van der Waals surface area contributed by atoms with Crippen LogP contribution in [0.1, 0.15) is 16.1 Å². The van der Waals surface area contributed by atoms with Crippen molar-refractivity contribution < 1.29 is 9.59 Å². The van der Waals surface area contributed by atoms with Gasteiger partial charge in [-0.2, -0.15) is 5.10 Å². The number of carbonyl (C=O) groups excluding carboxylic acids is 2. The van der Waals surface area contributed by atoms with E-state index in [1.807, 2.05) is 42.5 Å². The summed E-state index contributed by atoms with van der Waals surface area (Å²) in [6, 6.07) is 18.1. The molecule has 0 radical (unpaired) electrons. The quantitative estimate of drug-likeness (QED) is 0.440. The minimum absolute atomic E-state index is 0.0163. The summed E-state index contributed by atoms with van der Waals surface area (Å²) in [5.41, 5.74) is 3.97. The molecule has 1 aromatic heterocycles. The molecule has 0 unspecified atom stereocenters. The van der Waals surface area contributed by atoms with Crippen LogP contribution >= 0.6 is 11.5 Å². The van der Waals surface area contributed by atoms with Crippen LogP contribution in [0.3, 0.4) is 0 Å². The number of nitrogens with one attached hydrogen (secondary N) is 3. The Morgan fingerprint density at radius 3 is 2.43 bits per heavy atom. The summed E-state index contributed by atoms with van der Waals surface area (Å²) in [5, 5.41) is 13.0. The number of anilines is 2. The van der Waals surface area contributed by atoms with Crippen molar-refractivity contribution in [2.75, 3.05) is 10.6 Å². The van der Waals surface area contributed by atoms with Crippen LogP contribution in [0.4, 0.5) is 15.5 Å². The zero-order chi connectivity index (χ0) is 19.6. The first kappa shape index (κ1) is 18.9. The highest BCUT2D eigenvalue weighted by Crippen LogP contribution is 2.18. The standard InChI is InChI=1S/C19H16N6O2S/c26-17(24-20-13-7-10-14-8-3-1-4-9-14)16-18(28-25-23-16)22-19(27)21-15-11-5-2-6-12-15/h1-13H,(H,24,26)(H2,21,22,27)/b10-7+,20-13-. The Hall–Kier alpha value is -3.85. The molecular weight excluding hydrogens is 376 g/mol. The van der Waals surface area contributed by atoms with E-state index >= 15 is 0 Å². The number of urea groups is 1. The SMILES string of the molecule is O=C(Nc1ccccc1)Nc1snnc1C(=O)N/N=C\C=C\c1ccccc1.